The molecule has 8 heavy (non-hydrogen) atoms. The van der Waals surface area contributed by atoms with Gasteiger partial charge in [-0.2, -0.15) is 0 Å². The molecule has 1 aliphatic heterocycles. The van der Waals surface area contributed by atoms with E-state index in [1.54, 1.807) is 0 Å². The van der Waals surface area contributed by atoms with Crippen LogP contribution in [0, 0.1) is 5.92 Å². The first-order valence-corrected chi connectivity index (χ1v) is 2.98. The summed E-state index contributed by atoms with van der Waals surface area (Å²) in [4.78, 5) is 0. The van der Waals surface area contributed by atoms with Crippen LogP contribution in [0.2, 0.25) is 0 Å². The number of nitrogens with one attached hydrogen (secondary N) is 2. The quantitative estimate of drug-likeness (QED) is 0.520. The zero-order chi connectivity index (χ0) is 5.98. The molecule has 0 amide bonds. The zero-order valence-corrected chi connectivity index (χ0v) is 5.31. The van der Waals surface area contributed by atoms with E-state index in [4.69, 9.17) is 0 Å². The normalized spacial score (nSPS) is 18.9. The Morgan fingerprint density at radius 3 is 2.00 bits per heavy atom. The molecule has 0 atom stereocenters. The minimum Gasteiger partial charge on any atom is -0.370 e. The molecule has 2 N–H and O–H groups in total. The van der Waals surface area contributed by atoms with Crippen LogP contribution in [0.25, 0.3) is 0 Å². The van der Waals surface area contributed by atoms with Crippen molar-refractivity contribution in [1.29, 1.82) is 0 Å². The van der Waals surface area contributed by atoms with Gasteiger partial charge in [-0.25, -0.2) is 0 Å². The van der Waals surface area contributed by atoms with Gasteiger partial charge in [-0.15, -0.1) is 0 Å². The van der Waals surface area contributed by atoms with Crippen LogP contribution in [0.5, 0.6) is 0 Å². The highest BCUT2D eigenvalue weighted by molar-refractivity contribution is 4.91. The van der Waals surface area contributed by atoms with Gasteiger partial charge < -0.3 is 10.6 Å². The summed E-state index contributed by atoms with van der Waals surface area (Å²) in [5, 5.41) is 6.33. The molecule has 2 nitrogen and oxygen atoms in total. The summed E-state index contributed by atoms with van der Waals surface area (Å²) < 4.78 is 0. The maximum absolute atomic E-state index is 3.16. The van der Waals surface area contributed by atoms with Crippen LogP contribution in [0.1, 0.15) is 13.8 Å². The predicted molar refractivity (Wildman–Crippen MR) is 34.0 cm³/mol. The van der Waals surface area contributed by atoms with Crippen LogP contribution in [0.4, 0.5) is 0 Å². The van der Waals surface area contributed by atoms with Gasteiger partial charge in [0.05, 0.1) is 6.17 Å². The fourth-order valence-corrected chi connectivity index (χ4v) is 0.737. The van der Waals surface area contributed by atoms with Crippen LogP contribution < -0.4 is 10.6 Å². The van der Waals surface area contributed by atoms with Crippen molar-refractivity contribution < 1.29 is 0 Å². The van der Waals surface area contributed by atoms with Gasteiger partial charge in [-0.1, -0.05) is 13.8 Å². The van der Waals surface area contributed by atoms with Crippen molar-refractivity contribution in [2.45, 2.75) is 20.0 Å². The van der Waals surface area contributed by atoms with E-state index in [-0.39, 0.29) is 0 Å². The van der Waals surface area contributed by atoms with E-state index >= 15 is 0 Å². The van der Waals surface area contributed by atoms with Crippen LogP contribution in [0.3, 0.4) is 0 Å². The zero-order valence-electron chi connectivity index (χ0n) is 5.31. The molecule has 46 valence electrons. The summed E-state index contributed by atoms with van der Waals surface area (Å²) in [7, 11) is 0. The molecular weight excluding hydrogens is 100 g/mol. The van der Waals surface area contributed by atoms with Gasteiger partial charge in [0.15, 0.2) is 0 Å². The second-order valence-corrected chi connectivity index (χ2v) is 2.39. The second kappa shape index (κ2) is 2.07. The second-order valence-electron chi connectivity index (χ2n) is 2.39. The fraction of sp³-hybridized carbons (Fsp3) is 0.667. The van der Waals surface area contributed by atoms with E-state index in [1.165, 1.54) is 0 Å². The highest BCUT2D eigenvalue weighted by atomic mass is 15.2. The van der Waals surface area contributed by atoms with Crippen LogP contribution in [-0.4, -0.2) is 6.17 Å². The Morgan fingerprint density at radius 2 is 1.75 bits per heavy atom. The molecule has 0 aromatic rings. The van der Waals surface area contributed by atoms with Gasteiger partial charge in [0.1, 0.15) is 0 Å². The average molecular weight is 112 g/mol. The summed E-state index contributed by atoms with van der Waals surface area (Å²) in [5.41, 5.74) is 0. The Labute approximate surface area is 50.0 Å². The van der Waals surface area contributed by atoms with E-state index in [1.807, 2.05) is 12.4 Å². The molecule has 0 aromatic heterocycles. The van der Waals surface area contributed by atoms with Gasteiger partial charge in [0.25, 0.3) is 0 Å². The molecular formula is C6H12N2. The minimum absolute atomic E-state index is 0.454. The molecule has 0 saturated carbocycles. The predicted octanol–water partition coefficient (Wildman–Crippen LogP) is 0.632. The lowest BCUT2D eigenvalue weighted by molar-refractivity contribution is 0.427. The molecule has 1 rings (SSSR count). The van der Waals surface area contributed by atoms with Crippen molar-refractivity contribution in [2.24, 2.45) is 5.92 Å². The summed E-state index contributed by atoms with van der Waals surface area (Å²) in [6.07, 6.45) is 4.32. The summed E-state index contributed by atoms with van der Waals surface area (Å²) in [5.74, 6) is 0.657. The fourth-order valence-electron chi connectivity index (χ4n) is 0.737. The monoisotopic (exact) mass is 112 g/mol. The lowest BCUT2D eigenvalue weighted by Gasteiger charge is -2.15. The van der Waals surface area contributed by atoms with Gasteiger partial charge in [0.2, 0.25) is 0 Å². The maximum Gasteiger partial charge on any atom is 0.0979 e. The molecule has 2 heteroatoms. The van der Waals surface area contributed by atoms with E-state index in [2.05, 4.69) is 24.5 Å². The lowest BCUT2D eigenvalue weighted by atomic mass is 10.2. The molecule has 0 saturated heterocycles. The largest absolute Gasteiger partial charge is 0.370 e. The topological polar surface area (TPSA) is 24.1 Å². The van der Waals surface area contributed by atoms with Crippen LogP contribution >= 0.6 is 0 Å². The molecule has 0 bridgehead atoms. The molecule has 0 aliphatic carbocycles. The molecule has 0 aromatic carbocycles. The van der Waals surface area contributed by atoms with E-state index in [0.29, 0.717) is 12.1 Å². The van der Waals surface area contributed by atoms with Gasteiger partial charge in [-0.05, 0) is 5.92 Å². The van der Waals surface area contributed by atoms with Gasteiger partial charge in [0, 0.05) is 12.4 Å². The van der Waals surface area contributed by atoms with Crippen molar-refractivity contribution >= 4 is 0 Å². The van der Waals surface area contributed by atoms with E-state index < -0.39 is 0 Å². The Hall–Kier alpha value is -0.660. The van der Waals surface area contributed by atoms with E-state index in [0.717, 1.165) is 0 Å². The first-order chi connectivity index (χ1) is 3.80. The average Bonchev–Trinajstić information content (AvgIpc) is 2.12. The highest BCUT2D eigenvalue weighted by Crippen LogP contribution is 2.00. The summed E-state index contributed by atoms with van der Waals surface area (Å²) >= 11 is 0. The SMILES string of the molecule is CC(C)C1NC=CN1. The summed E-state index contributed by atoms with van der Waals surface area (Å²) in [6, 6.07) is 0. The van der Waals surface area contributed by atoms with Crippen LogP contribution in [-0.2, 0) is 0 Å². The summed E-state index contributed by atoms with van der Waals surface area (Å²) in [6.45, 7) is 4.36. The first kappa shape index (κ1) is 5.48. The van der Waals surface area contributed by atoms with Crippen molar-refractivity contribution in [2.75, 3.05) is 0 Å². The van der Waals surface area contributed by atoms with Crippen molar-refractivity contribution in [3.8, 4) is 0 Å². The third-order valence-corrected chi connectivity index (χ3v) is 1.30. The number of hydrogen-bond donors (Lipinski definition) is 2. The Kier molecular flexibility index (Phi) is 1.42. The van der Waals surface area contributed by atoms with Crippen molar-refractivity contribution in [3.05, 3.63) is 12.4 Å². The molecule has 0 unspecified atom stereocenters. The number of rotatable bonds is 1. The third-order valence-electron chi connectivity index (χ3n) is 1.30. The van der Waals surface area contributed by atoms with Gasteiger partial charge in [-0.3, -0.25) is 0 Å². The smallest absolute Gasteiger partial charge is 0.0979 e. The van der Waals surface area contributed by atoms with E-state index in [9.17, 15) is 0 Å². The molecule has 1 aliphatic rings. The first-order valence-electron chi connectivity index (χ1n) is 2.98. The Morgan fingerprint density at radius 1 is 1.25 bits per heavy atom. The minimum atomic E-state index is 0.454. The molecule has 1 heterocycles. The van der Waals surface area contributed by atoms with Gasteiger partial charge >= 0.3 is 0 Å². The highest BCUT2D eigenvalue weighted by Gasteiger charge is 2.10. The number of hydrogen-bond acceptors (Lipinski definition) is 2. The van der Waals surface area contributed by atoms with Crippen molar-refractivity contribution in [3.63, 3.8) is 0 Å². The van der Waals surface area contributed by atoms with Crippen LogP contribution in [0.15, 0.2) is 12.4 Å². The molecule has 0 fully saturated rings. The molecule has 0 radical (unpaired) electrons. The lowest BCUT2D eigenvalue weighted by Crippen LogP contribution is -2.35. The van der Waals surface area contributed by atoms with Crippen molar-refractivity contribution in [1.82, 2.24) is 10.6 Å². The maximum atomic E-state index is 3.16. The molecule has 0 spiro atoms. The Bertz CT molecular complexity index is 88.7. The Balaban J connectivity index is 2.29. The standard InChI is InChI=1S/C6H12N2/c1-5(2)6-7-3-4-8-6/h3-8H,1-2H3. The third kappa shape index (κ3) is 0.941.